The summed E-state index contributed by atoms with van der Waals surface area (Å²) in [6.45, 7) is 1.82. The molecule has 0 unspecified atom stereocenters. The molecule has 1 heterocycles. The van der Waals surface area contributed by atoms with Crippen molar-refractivity contribution in [3.8, 4) is 11.4 Å². The van der Waals surface area contributed by atoms with Crippen molar-refractivity contribution in [1.82, 2.24) is 15.2 Å². The Morgan fingerprint density at radius 1 is 1.21 bits per heavy atom. The summed E-state index contributed by atoms with van der Waals surface area (Å²) in [6.07, 6.45) is 0. The summed E-state index contributed by atoms with van der Waals surface area (Å²) >= 11 is 12.0. The van der Waals surface area contributed by atoms with Crippen LogP contribution in [-0.4, -0.2) is 15.2 Å². The van der Waals surface area contributed by atoms with Gasteiger partial charge in [0, 0.05) is 0 Å². The molecule has 0 amide bonds. The quantitative estimate of drug-likeness (QED) is 0.814. The van der Waals surface area contributed by atoms with Crippen LogP contribution in [0.3, 0.4) is 0 Å². The molecule has 0 radical (unpaired) electrons. The molecular formula is C9H7Cl2N3. The highest BCUT2D eigenvalue weighted by Crippen LogP contribution is 2.31. The number of aromatic amines is 1. The third-order valence-corrected chi connectivity index (χ3v) is 2.41. The molecule has 72 valence electrons. The minimum Gasteiger partial charge on any atom is -0.263 e. The van der Waals surface area contributed by atoms with Gasteiger partial charge in [-0.1, -0.05) is 29.3 Å². The van der Waals surface area contributed by atoms with E-state index in [1.165, 1.54) is 0 Å². The Morgan fingerprint density at radius 2 is 1.86 bits per heavy atom. The molecular weight excluding hydrogens is 221 g/mol. The minimum atomic E-state index is 0.526. The summed E-state index contributed by atoms with van der Waals surface area (Å²) in [5, 5.41) is 7.85. The highest BCUT2D eigenvalue weighted by molar-refractivity contribution is 6.38. The summed E-state index contributed by atoms with van der Waals surface area (Å²) in [7, 11) is 0. The summed E-state index contributed by atoms with van der Waals surface area (Å²) in [6, 6.07) is 5.30. The fraction of sp³-hybridized carbons (Fsp3) is 0.111. The number of rotatable bonds is 1. The first-order chi connectivity index (χ1) is 6.68. The molecule has 0 aliphatic heterocycles. The molecule has 0 aliphatic rings. The average Bonchev–Trinajstić information content (AvgIpc) is 2.51. The van der Waals surface area contributed by atoms with Gasteiger partial charge in [-0.05, 0) is 19.1 Å². The van der Waals surface area contributed by atoms with E-state index < -0.39 is 0 Å². The smallest absolute Gasteiger partial charge is 0.184 e. The van der Waals surface area contributed by atoms with E-state index in [9.17, 15) is 0 Å². The Hall–Kier alpha value is -1.06. The van der Waals surface area contributed by atoms with E-state index in [1.807, 2.05) is 6.92 Å². The van der Waals surface area contributed by atoms with Crippen LogP contribution in [0.15, 0.2) is 18.2 Å². The highest BCUT2D eigenvalue weighted by atomic mass is 35.5. The molecule has 0 spiro atoms. The maximum absolute atomic E-state index is 5.99. The third-order valence-electron chi connectivity index (χ3n) is 1.78. The normalized spacial score (nSPS) is 10.5. The van der Waals surface area contributed by atoms with Gasteiger partial charge < -0.3 is 0 Å². The summed E-state index contributed by atoms with van der Waals surface area (Å²) in [5.74, 6) is 1.26. The van der Waals surface area contributed by atoms with Crippen LogP contribution >= 0.6 is 23.2 Å². The van der Waals surface area contributed by atoms with E-state index in [-0.39, 0.29) is 0 Å². The first-order valence-corrected chi connectivity index (χ1v) is 4.77. The predicted molar refractivity (Wildman–Crippen MR) is 56.6 cm³/mol. The van der Waals surface area contributed by atoms with Gasteiger partial charge in [0.2, 0.25) is 0 Å². The molecule has 2 aromatic rings. The maximum Gasteiger partial charge on any atom is 0.184 e. The van der Waals surface area contributed by atoms with Gasteiger partial charge in [-0.2, -0.15) is 5.10 Å². The number of nitrogens with zero attached hydrogens (tertiary/aromatic N) is 2. The zero-order valence-corrected chi connectivity index (χ0v) is 8.89. The van der Waals surface area contributed by atoms with Gasteiger partial charge in [0.15, 0.2) is 5.82 Å². The number of aryl methyl sites for hydroxylation is 1. The van der Waals surface area contributed by atoms with Crippen LogP contribution in [-0.2, 0) is 0 Å². The van der Waals surface area contributed by atoms with Gasteiger partial charge in [0.25, 0.3) is 0 Å². The van der Waals surface area contributed by atoms with Gasteiger partial charge >= 0.3 is 0 Å². The van der Waals surface area contributed by atoms with Crippen LogP contribution in [0.4, 0.5) is 0 Å². The van der Waals surface area contributed by atoms with Crippen molar-refractivity contribution < 1.29 is 0 Å². The Labute approximate surface area is 91.1 Å². The van der Waals surface area contributed by atoms with E-state index in [0.717, 1.165) is 5.82 Å². The van der Waals surface area contributed by atoms with Crippen molar-refractivity contribution in [2.45, 2.75) is 6.92 Å². The molecule has 0 saturated heterocycles. The molecule has 14 heavy (non-hydrogen) atoms. The third kappa shape index (κ3) is 1.61. The summed E-state index contributed by atoms with van der Waals surface area (Å²) in [4.78, 5) is 4.17. The molecule has 0 atom stereocenters. The molecule has 3 nitrogen and oxygen atoms in total. The van der Waals surface area contributed by atoms with E-state index in [4.69, 9.17) is 23.2 Å². The van der Waals surface area contributed by atoms with E-state index in [2.05, 4.69) is 15.2 Å². The lowest BCUT2D eigenvalue weighted by Crippen LogP contribution is -1.84. The standard InChI is InChI=1S/C9H7Cl2N3/c1-5-12-9(14-13-5)8-6(10)3-2-4-7(8)11/h2-4H,1H3,(H,12,13,14). The minimum absolute atomic E-state index is 0.526. The SMILES string of the molecule is Cc1nc(-c2c(Cl)cccc2Cl)n[nH]1. The second kappa shape index (κ2) is 3.59. The highest BCUT2D eigenvalue weighted by Gasteiger charge is 2.11. The van der Waals surface area contributed by atoms with Gasteiger partial charge in [-0.25, -0.2) is 4.98 Å². The van der Waals surface area contributed by atoms with Gasteiger partial charge in [0.1, 0.15) is 5.82 Å². The van der Waals surface area contributed by atoms with Crippen molar-refractivity contribution in [1.29, 1.82) is 0 Å². The van der Waals surface area contributed by atoms with Crippen molar-refractivity contribution in [2.75, 3.05) is 0 Å². The Balaban J connectivity index is 2.61. The lowest BCUT2D eigenvalue weighted by Gasteiger charge is -2.00. The fourth-order valence-electron chi connectivity index (χ4n) is 1.17. The number of benzene rings is 1. The van der Waals surface area contributed by atoms with Gasteiger partial charge in [-0.15, -0.1) is 0 Å². The van der Waals surface area contributed by atoms with E-state index in [1.54, 1.807) is 18.2 Å². The zero-order valence-electron chi connectivity index (χ0n) is 7.38. The first kappa shape index (κ1) is 9.49. The van der Waals surface area contributed by atoms with Crippen LogP contribution in [0.2, 0.25) is 10.0 Å². The summed E-state index contributed by atoms with van der Waals surface area (Å²) < 4.78 is 0. The number of halogens is 2. The van der Waals surface area contributed by atoms with E-state index in [0.29, 0.717) is 21.4 Å². The number of nitrogens with one attached hydrogen (secondary N) is 1. The zero-order chi connectivity index (χ0) is 10.1. The van der Waals surface area contributed by atoms with E-state index >= 15 is 0 Å². The molecule has 5 heteroatoms. The average molecular weight is 228 g/mol. The van der Waals surface area contributed by atoms with Gasteiger partial charge in [0.05, 0.1) is 15.6 Å². The molecule has 1 aromatic heterocycles. The topological polar surface area (TPSA) is 41.6 Å². The summed E-state index contributed by atoms with van der Waals surface area (Å²) in [5.41, 5.74) is 0.667. The van der Waals surface area contributed by atoms with Crippen LogP contribution in [0.25, 0.3) is 11.4 Å². The fourth-order valence-corrected chi connectivity index (χ4v) is 1.73. The molecule has 1 aromatic carbocycles. The first-order valence-electron chi connectivity index (χ1n) is 4.02. The molecule has 0 aliphatic carbocycles. The van der Waals surface area contributed by atoms with Crippen LogP contribution < -0.4 is 0 Å². The molecule has 0 bridgehead atoms. The number of hydrogen-bond acceptors (Lipinski definition) is 2. The molecule has 2 rings (SSSR count). The lowest BCUT2D eigenvalue weighted by atomic mass is 10.2. The van der Waals surface area contributed by atoms with Crippen molar-refractivity contribution >= 4 is 23.2 Å². The molecule has 0 saturated carbocycles. The Morgan fingerprint density at radius 3 is 2.36 bits per heavy atom. The van der Waals surface area contributed by atoms with Gasteiger partial charge in [-0.3, -0.25) is 5.10 Å². The maximum atomic E-state index is 5.99. The monoisotopic (exact) mass is 227 g/mol. The lowest BCUT2D eigenvalue weighted by molar-refractivity contribution is 1.04. The predicted octanol–water partition coefficient (Wildman–Crippen LogP) is 3.09. The second-order valence-electron chi connectivity index (χ2n) is 2.84. The largest absolute Gasteiger partial charge is 0.263 e. The number of aromatic nitrogens is 3. The van der Waals surface area contributed by atoms with Crippen molar-refractivity contribution in [2.24, 2.45) is 0 Å². The van der Waals surface area contributed by atoms with Crippen molar-refractivity contribution in [3.63, 3.8) is 0 Å². The molecule has 1 N–H and O–H groups in total. The number of hydrogen-bond donors (Lipinski definition) is 1. The van der Waals surface area contributed by atoms with Crippen molar-refractivity contribution in [3.05, 3.63) is 34.1 Å². The second-order valence-corrected chi connectivity index (χ2v) is 3.66. The number of H-pyrrole nitrogens is 1. The van der Waals surface area contributed by atoms with Crippen LogP contribution in [0.1, 0.15) is 5.82 Å². The van der Waals surface area contributed by atoms with Crippen LogP contribution in [0.5, 0.6) is 0 Å². The van der Waals surface area contributed by atoms with Crippen LogP contribution in [0, 0.1) is 6.92 Å². The molecule has 0 fully saturated rings. The Kier molecular flexibility index (Phi) is 2.44. The Bertz CT molecular complexity index is 445.